The lowest BCUT2D eigenvalue weighted by molar-refractivity contribution is 0.598. The molecule has 0 radical (unpaired) electrons. The van der Waals surface area contributed by atoms with Gasteiger partial charge in [-0.25, -0.2) is 18.4 Å². The van der Waals surface area contributed by atoms with Gasteiger partial charge in [-0.15, -0.1) is 0 Å². The van der Waals surface area contributed by atoms with Crippen molar-refractivity contribution in [2.45, 2.75) is 24.9 Å². The minimum atomic E-state index is -3.77. The van der Waals surface area contributed by atoms with E-state index in [4.69, 9.17) is 5.14 Å². The normalized spacial score (nSPS) is 11.8. The molecule has 11 heteroatoms. The van der Waals surface area contributed by atoms with Crippen LogP contribution in [0.5, 0.6) is 0 Å². The van der Waals surface area contributed by atoms with Crippen LogP contribution in [0, 0.1) is 6.92 Å². The maximum absolute atomic E-state index is 13.0. The molecule has 0 aliphatic carbocycles. The van der Waals surface area contributed by atoms with Gasteiger partial charge < -0.3 is 5.32 Å². The van der Waals surface area contributed by atoms with E-state index in [9.17, 15) is 18.0 Å². The van der Waals surface area contributed by atoms with Crippen LogP contribution in [0.25, 0.3) is 11.2 Å². The van der Waals surface area contributed by atoms with E-state index in [1.54, 1.807) is 23.7 Å². The molecule has 0 amide bonds. The Hall–Kier alpha value is -3.70. The maximum Gasteiger partial charge on any atom is 0.332 e. The number of anilines is 1. The molecule has 4 rings (SSSR count). The fourth-order valence-corrected chi connectivity index (χ4v) is 4.22. The van der Waals surface area contributed by atoms with Gasteiger partial charge in [0.1, 0.15) is 0 Å². The molecule has 0 saturated heterocycles. The molecule has 2 aromatic carbocycles. The average molecular weight is 469 g/mol. The number of imidazole rings is 1. The average Bonchev–Trinajstić information content (AvgIpc) is 3.13. The van der Waals surface area contributed by atoms with Gasteiger partial charge in [-0.2, -0.15) is 4.98 Å². The number of rotatable bonds is 6. The van der Waals surface area contributed by atoms with Crippen molar-refractivity contribution < 1.29 is 8.42 Å². The molecule has 0 aliphatic rings. The summed E-state index contributed by atoms with van der Waals surface area (Å²) in [6.07, 6.45) is 0. The number of hydrogen-bond donors (Lipinski definition) is 2. The predicted octanol–water partition coefficient (Wildman–Crippen LogP) is 1.05. The summed E-state index contributed by atoms with van der Waals surface area (Å²) >= 11 is 0. The first-order chi connectivity index (χ1) is 15.6. The zero-order valence-electron chi connectivity index (χ0n) is 18.4. The molecule has 2 heterocycles. The lowest BCUT2D eigenvalue weighted by Gasteiger charge is -2.12. The van der Waals surface area contributed by atoms with Gasteiger partial charge in [0.15, 0.2) is 11.2 Å². The standard InChI is InChI=1S/C22H24N6O4S/c1-14-5-4-6-16(11-14)13-28-18-19(26(2)22(30)27(3)20(18)29)25-21(28)24-12-15-7-9-17(10-8-15)33(23,31)32/h4-11H,12-13H2,1-3H3,(H,24,25)(H2,23,31,32). The van der Waals surface area contributed by atoms with Crippen molar-refractivity contribution in [3.8, 4) is 0 Å². The lowest BCUT2D eigenvalue weighted by Crippen LogP contribution is -2.37. The summed E-state index contributed by atoms with van der Waals surface area (Å²) in [4.78, 5) is 30.0. The smallest absolute Gasteiger partial charge is 0.332 e. The Kier molecular flexibility index (Phi) is 5.68. The number of primary sulfonamides is 1. The topological polar surface area (TPSA) is 134 Å². The van der Waals surface area contributed by atoms with Gasteiger partial charge in [0.2, 0.25) is 16.0 Å². The summed E-state index contributed by atoms with van der Waals surface area (Å²) in [7, 11) is -0.761. The molecule has 0 bridgehead atoms. The second-order valence-corrected chi connectivity index (χ2v) is 9.49. The van der Waals surface area contributed by atoms with Crippen LogP contribution >= 0.6 is 0 Å². The summed E-state index contributed by atoms with van der Waals surface area (Å²) in [6.45, 7) is 2.68. The summed E-state index contributed by atoms with van der Waals surface area (Å²) in [5.74, 6) is 0.417. The number of aromatic nitrogens is 4. The Morgan fingerprint density at radius 1 is 1.00 bits per heavy atom. The van der Waals surface area contributed by atoms with Crippen LogP contribution in [-0.4, -0.2) is 27.1 Å². The van der Waals surface area contributed by atoms with Crippen molar-refractivity contribution in [3.63, 3.8) is 0 Å². The summed E-state index contributed by atoms with van der Waals surface area (Å²) in [5.41, 5.74) is 2.55. The first-order valence-electron chi connectivity index (χ1n) is 10.1. The molecule has 4 aromatic rings. The number of nitrogens with one attached hydrogen (secondary N) is 1. The van der Waals surface area contributed by atoms with Crippen LogP contribution in [0.2, 0.25) is 0 Å². The highest BCUT2D eigenvalue weighted by Crippen LogP contribution is 2.19. The molecule has 172 valence electrons. The van der Waals surface area contributed by atoms with E-state index in [0.717, 1.165) is 21.3 Å². The van der Waals surface area contributed by atoms with Crippen LogP contribution in [0.1, 0.15) is 16.7 Å². The Bertz CT molecular complexity index is 1580. The van der Waals surface area contributed by atoms with Crippen LogP contribution in [0.4, 0.5) is 5.95 Å². The highest BCUT2D eigenvalue weighted by atomic mass is 32.2. The Morgan fingerprint density at radius 3 is 2.33 bits per heavy atom. The molecule has 10 nitrogen and oxygen atoms in total. The zero-order chi connectivity index (χ0) is 23.9. The number of sulfonamides is 1. The summed E-state index contributed by atoms with van der Waals surface area (Å²) in [5, 5.41) is 8.37. The fourth-order valence-electron chi connectivity index (χ4n) is 3.71. The van der Waals surface area contributed by atoms with Gasteiger partial charge in [0, 0.05) is 20.6 Å². The number of benzene rings is 2. The van der Waals surface area contributed by atoms with Gasteiger partial charge in [0.05, 0.1) is 11.4 Å². The number of nitrogens with zero attached hydrogens (tertiary/aromatic N) is 4. The molecule has 2 aromatic heterocycles. The van der Waals surface area contributed by atoms with E-state index in [1.807, 2.05) is 31.2 Å². The summed E-state index contributed by atoms with van der Waals surface area (Å²) < 4.78 is 27.1. The number of hydrogen-bond acceptors (Lipinski definition) is 6. The third-order valence-corrected chi connectivity index (χ3v) is 6.40. The zero-order valence-corrected chi connectivity index (χ0v) is 19.3. The Morgan fingerprint density at radius 2 is 1.70 bits per heavy atom. The van der Waals surface area contributed by atoms with E-state index in [2.05, 4.69) is 10.3 Å². The Labute approximate surface area is 190 Å². The van der Waals surface area contributed by atoms with Gasteiger partial charge in [-0.05, 0) is 30.2 Å². The van der Waals surface area contributed by atoms with E-state index >= 15 is 0 Å². The predicted molar refractivity (Wildman–Crippen MR) is 126 cm³/mol. The van der Waals surface area contributed by atoms with Gasteiger partial charge in [-0.1, -0.05) is 42.0 Å². The maximum atomic E-state index is 13.0. The SMILES string of the molecule is Cc1cccc(Cn2c(NCc3ccc(S(N)(=O)=O)cc3)nc3c2c(=O)n(C)c(=O)n3C)c1. The molecule has 33 heavy (non-hydrogen) atoms. The van der Waals surface area contributed by atoms with Gasteiger partial charge in [-0.3, -0.25) is 18.5 Å². The molecule has 3 N–H and O–H groups in total. The second-order valence-electron chi connectivity index (χ2n) is 7.93. The first kappa shape index (κ1) is 22.5. The van der Waals surface area contributed by atoms with Gasteiger partial charge in [0.25, 0.3) is 5.56 Å². The van der Waals surface area contributed by atoms with E-state index in [0.29, 0.717) is 24.6 Å². The van der Waals surface area contributed by atoms with Crippen molar-refractivity contribution in [2.75, 3.05) is 5.32 Å². The monoisotopic (exact) mass is 468 g/mol. The third-order valence-electron chi connectivity index (χ3n) is 5.47. The van der Waals surface area contributed by atoms with E-state index in [1.165, 1.54) is 23.7 Å². The van der Waals surface area contributed by atoms with Crippen LogP contribution < -0.4 is 21.7 Å². The van der Waals surface area contributed by atoms with Crippen molar-refractivity contribution in [2.24, 2.45) is 19.2 Å². The van der Waals surface area contributed by atoms with Crippen molar-refractivity contribution in [1.82, 2.24) is 18.7 Å². The molecular weight excluding hydrogens is 444 g/mol. The minimum Gasteiger partial charge on any atom is -0.351 e. The van der Waals surface area contributed by atoms with E-state index < -0.39 is 21.3 Å². The number of nitrogens with two attached hydrogens (primary N) is 1. The van der Waals surface area contributed by atoms with Crippen molar-refractivity contribution >= 4 is 27.1 Å². The largest absolute Gasteiger partial charge is 0.351 e. The third kappa shape index (κ3) is 4.32. The molecule has 0 fully saturated rings. The fraction of sp³-hybridized carbons (Fsp3) is 0.227. The molecule has 0 saturated carbocycles. The molecule has 0 atom stereocenters. The van der Waals surface area contributed by atoms with E-state index in [-0.39, 0.29) is 10.5 Å². The van der Waals surface area contributed by atoms with Crippen LogP contribution in [0.3, 0.4) is 0 Å². The highest BCUT2D eigenvalue weighted by molar-refractivity contribution is 7.89. The van der Waals surface area contributed by atoms with Gasteiger partial charge >= 0.3 is 5.69 Å². The van der Waals surface area contributed by atoms with Crippen LogP contribution in [-0.2, 0) is 37.2 Å². The molecule has 0 unspecified atom stereocenters. The van der Waals surface area contributed by atoms with Crippen molar-refractivity contribution in [3.05, 3.63) is 86.1 Å². The molecular formula is C22H24N6O4S. The minimum absolute atomic E-state index is 0.0245. The first-order valence-corrected chi connectivity index (χ1v) is 11.7. The number of fused-ring (bicyclic) bond motifs is 1. The molecule has 0 aliphatic heterocycles. The second kappa shape index (κ2) is 8.34. The highest BCUT2D eigenvalue weighted by Gasteiger charge is 2.19. The Balaban J connectivity index is 1.78. The summed E-state index contributed by atoms with van der Waals surface area (Å²) in [6, 6.07) is 14.1. The number of aryl methyl sites for hydroxylation is 2. The molecule has 0 spiro atoms. The van der Waals surface area contributed by atoms with Crippen LogP contribution in [0.15, 0.2) is 63.0 Å². The lowest BCUT2D eigenvalue weighted by atomic mass is 10.1. The quantitative estimate of drug-likeness (QED) is 0.434. The van der Waals surface area contributed by atoms with Crippen molar-refractivity contribution in [1.29, 1.82) is 0 Å².